The van der Waals surface area contributed by atoms with Gasteiger partial charge in [0.1, 0.15) is 11.6 Å². The SMILES string of the molecule is CCCCN(CCC(=O)NOCC)c1nc(Cc2ccc(F)cc2)ns1. The Morgan fingerprint density at radius 3 is 2.73 bits per heavy atom. The first kappa shape index (κ1) is 20.3. The van der Waals surface area contributed by atoms with Crippen molar-refractivity contribution in [2.45, 2.75) is 39.5 Å². The second-order valence-electron chi connectivity index (χ2n) is 5.85. The zero-order chi connectivity index (χ0) is 18.8. The van der Waals surface area contributed by atoms with Crippen LogP contribution in [0.2, 0.25) is 0 Å². The van der Waals surface area contributed by atoms with E-state index in [1.54, 1.807) is 12.1 Å². The Kier molecular flexibility index (Phi) is 8.43. The van der Waals surface area contributed by atoms with Gasteiger partial charge in [0.05, 0.1) is 6.61 Å². The lowest BCUT2D eigenvalue weighted by Gasteiger charge is -2.20. The molecule has 0 atom stereocenters. The molecular weight excluding hydrogens is 355 g/mol. The third kappa shape index (κ3) is 6.68. The minimum Gasteiger partial charge on any atom is -0.346 e. The van der Waals surface area contributed by atoms with Crippen LogP contribution < -0.4 is 10.4 Å². The van der Waals surface area contributed by atoms with Crippen LogP contribution in [0.3, 0.4) is 0 Å². The highest BCUT2D eigenvalue weighted by Crippen LogP contribution is 2.20. The molecule has 0 unspecified atom stereocenters. The summed E-state index contributed by atoms with van der Waals surface area (Å²) in [7, 11) is 0. The van der Waals surface area contributed by atoms with Crippen LogP contribution in [0.15, 0.2) is 24.3 Å². The number of carbonyl (C=O) groups excluding carboxylic acids is 1. The number of benzene rings is 1. The van der Waals surface area contributed by atoms with Gasteiger partial charge in [-0.15, -0.1) is 0 Å². The van der Waals surface area contributed by atoms with Crippen molar-refractivity contribution >= 4 is 22.6 Å². The summed E-state index contributed by atoms with van der Waals surface area (Å²) in [6.45, 7) is 5.76. The molecule has 0 saturated carbocycles. The van der Waals surface area contributed by atoms with Crippen LogP contribution in [0.5, 0.6) is 0 Å². The minimum atomic E-state index is -0.253. The normalized spacial score (nSPS) is 10.7. The quantitative estimate of drug-likeness (QED) is 0.606. The predicted octanol–water partition coefficient (Wildman–Crippen LogP) is 3.33. The van der Waals surface area contributed by atoms with Gasteiger partial charge in [0, 0.05) is 37.5 Å². The van der Waals surface area contributed by atoms with Crippen LogP contribution in [-0.4, -0.2) is 35.0 Å². The second-order valence-corrected chi connectivity index (χ2v) is 6.58. The average Bonchev–Trinajstić information content (AvgIpc) is 3.10. The molecule has 8 heteroatoms. The lowest BCUT2D eigenvalue weighted by atomic mass is 10.1. The molecule has 0 aliphatic rings. The number of anilines is 1. The fraction of sp³-hybridized carbons (Fsp3) is 0.500. The predicted molar refractivity (Wildman–Crippen MR) is 101 cm³/mol. The Bertz CT molecular complexity index is 678. The van der Waals surface area contributed by atoms with Crippen LogP contribution in [0.25, 0.3) is 0 Å². The molecular formula is C18H25FN4O2S. The first-order valence-electron chi connectivity index (χ1n) is 8.85. The highest BCUT2D eigenvalue weighted by atomic mass is 32.1. The van der Waals surface area contributed by atoms with Crippen LogP contribution in [-0.2, 0) is 16.1 Å². The topological polar surface area (TPSA) is 67.4 Å². The Hall–Kier alpha value is -2.06. The summed E-state index contributed by atoms with van der Waals surface area (Å²) in [6, 6.07) is 6.35. The highest BCUT2D eigenvalue weighted by Gasteiger charge is 2.14. The molecule has 142 valence electrons. The largest absolute Gasteiger partial charge is 0.346 e. The van der Waals surface area contributed by atoms with Gasteiger partial charge in [-0.3, -0.25) is 9.63 Å². The molecule has 1 amide bonds. The van der Waals surface area contributed by atoms with Gasteiger partial charge < -0.3 is 4.90 Å². The summed E-state index contributed by atoms with van der Waals surface area (Å²) in [5.74, 6) is 0.304. The van der Waals surface area contributed by atoms with Crippen molar-refractivity contribution in [3.05, 3.63) is 41.5 Å². The summed E-state index contributed by atoms with van der Waals surface area (Å²) in [4.78, 5) is 23.4. The summed E-state index contributed by atoms with van der Waals surface area (Å²) in [5.41, 5.74) is 3.37. The van der Waals surface area contributed by atoms with Crippen molar-refractivity contribution in [2.75, 3.05) is 24.6 Å². The van der Waals surface area contributed by atoms with Crippen molar-refractivity contribution in [3.8, 4) is 0 Å². The number of nitrogens with zero attached hydrogens (tertiary/aromatic N) is 3. The van der Waals surface area contributed by atoms with Crippen LogP contribution in [0.1, 0.15) is 44.5 Å². The number of nitrogens with one attached hydrogen (secondary N) is 1. The summed E-state index contributed by atoms with van der Waals surface area (Å²) in [5, 5.41) is 0.805. The Morgan fingerprint density at radius 2 is 2.04 bits per heavy atom. The number of amides is 1. The van der Waals surface area contributed by atoms with E-state index in [9.17, 15) is 9.18 Å². The van der Waals surface area contributed by atoms with Gasteiger partial charge in [-0.2, -0.15) is 4.37 Å². The number of hydrogen-bond donors (Lipinski definition) is 1. The van der Waals surface area contributed by atoms with Gasteiger partial charge in [-0.25, -0.2) is 14.9 Å². The fourth-order valence-electron chi connectivity index (χ4n) is 2.32. The molecule has 0 saturated heterocycles. The van der Waals surface area contributed by atoms with E-state index in [0.29, 0.717) is 31.8 Å². The maximum atomic E-state index is 13.0. The number of carbonyl (C=O) groups is 1. The molecule has 1 aromatic heterocycles. The van der Waals surface area contributed by atoms with E-state index in [2.05, 4.69) is 26.7 Å². The lowest BCUT2D eigenvalue weighted by molar-refractivity contribution is -0.132. The zero-order valence-electron chi connectivity index (χ0n) is 15.2. The summed E-state index contributed by atoms with van der Waals surface area (Å²) in [6.07, 6.45) is 2.96. The van der Waals surface area contributed by atoms with E-state index in [4.69, 9.17) is 4.84 Å². The van der Waals surface area contributed by atoms with E-state index >= 15 is 0 Å². The Labute approximate surface area is 157 Å². The first-order valence-corrected chi connectivity index (χ1v) is 9.62. The summed E-state index contributed by atoms with van der Waals surface area (Å²) < 4.78 is 17.4. The van der Waals surface area contributed by atoms with Gasteiger partial charge in [-0.05, 0) is 31.0 Å². The molecule has 2 aromatic rings. The zero-order valence-corrected chi connectivity index (χ0v) is 16.0. The molecule has 6 nitrogen and oxygen atoms in total. The van der Waals surface area contributed by atoms with Crippen molar-refractivity contribution < 1.29 is 14.0 Å². The molecule has 2 rings (SSSR count). The van der Waals surface area contributed by atoms with Crippen molar-refractivity contribution in [2.24, 2.45) is 0 Å². The molecule has 1 heterocycles. The van der Waals surface area contributed by atoms with Gasteiger partial charge in [0.15, 0.2) is 0 Å². The number of hydroxylamine groups is 1. The number of hydrogen-bond acceptors (Lipinski definition) is 6. The third-order valence-corrected chi connectivity index (χ3v) is 4.54. The fourth-order valence-corrected chi connectivity index (χ4v) is 3.06. The summed E-state index contributed by atoms with van der Waals surface area (Å²) >= 11 is 1.33. The maximum absolute atomic E-state index is 13.0. The molecule has 0 radical (unpaired) electrons. The van der Waals surface area contributed by atoms with Gasteiger partial charge in [-0.1, -0.05) is 25.5 Å². The van der Waals surface area contributed by atoms with E-state index in [1.165, 1.54) is 23.7 Å². The molecule has 1 aromatic carbocycles. The molecule has 0 spiro atoms. The van der Waals surface area contributed by atoms with E-state index in [1.807, 2.05) is 6.92 Å². The Balaban J connectivity index is 1.97. The molecule has 0 fully saturated rings. The van der Waals surface area contributed by atoms with Gasteiger partial charge >= 0.3 is 0 Å². The Morgan fingerprint density at radius 1 is 1.27 bits per heavy atom. The van der Waals surface area contributed by atoms with Crippen LogP contribution >= 0.6 is 11.5 Å². The number of aromatic nitrogens is 2. The third-order valence-electron chi connectivity index (χ3n) is 3.72. The van der Waals surface area contributed by atoms with Crippen LogP contribution in [0, 0.1) is 5.82 Å². The molecule has 1 N–H and O–H groups in total. The number of unbranched alkanes of at least 4 members (excludes halogenated alkanes) is 1. The van der Waals surface area contributed by atoms with Crippen molar-refractivity contribution in [1.29, 1.82) is 0 Å². The molecule has 26 heavy (non-hydrogen) atoms. The van der Waals surface area contributed by atoms with Gasteiger partial charge in [0.2, 0.25) is 11.0 Å². The second kappa shape index (κ2) is 10.8. The lowest BCUT2D eigenvalue weighted by Crippen LogP contribution is -2.31. The monoisotopic (exact) mass is 380 g/mol. The van der Waals surface area contributed by atoms with E-state index < -0.39 is 0 Å². The van der Waals surface area contributed by atoms with E-state index in [0.717, 1.165) is 30.1 Å². The minimum absolute atomic E-state index is 0.149. The van der Waals surface area contributed by atoms with Crippen molar-refractivity contribution in [3.63, 3.8) is 0 Å². The first-order chi connectivity index (χ1) is 12.6. The van der Waals surface area contributed by atoms with E-state index in [-0.39, 0.29) is 11.7 Å². The molecule has 0 aliphatic heterocycles. The standard InChI is InChI=1S/C18H25FN4O2S/c1-3-5-11-23(12-10-17(24)21-25-4-2)18-20-16(22-26-18)13-14-6-8-15(19)9-7-14/h6-9H,3-5,10-13H2,1-2H3,(H,21,24). The number of rotatable bonds is 11. The molecule has 0 aliphatic carbocycles. The smallest absolute Gasteiger partial charge is 0.245 e. The average molecular weight is 380 g/mol. The maximum Gasteiger partial charge on any atom is 0.245 e. The van der Waals surface area contributed by atoms with Crippen LogP contribution in [0.4, 0.5) is 9.52 Å². The number of halogens is 1. The molecule has 0 bridgehead atoms. The van der Waals surface area contributed by atoms with Crippen molar-refractivity contribution in [1.82, 2.24) is 14.8 Å². The van der Waals surface area contributed by atoms with Gasteiger partial charge in [0.25, 0.3) is 0 Å². The highest BCUT2D eigenvalue weighted by molar-refractivity contribution is 7.09.